The van der Waals surface area contributed by atoms with Gasteiger partial charge >= 0.3 is 6.09 Å². The minimum atomic E-state index is -0.921. The van der Waals surface area contributed by atoms with Gasteiger partial charge in [0, 0.05) is 5.69 Å². The van der Waals surface area contributed by atoms with Crippen LogP contribution in [0.3, 0.4) is 0 Å². The number of benzene rings is 2. The molecule has 0 aliphatic carbocycles. The highest BCUT2D eigenvalue weighted by atomic mass is 19.1. The molecule has 0 fully saturated rings. The van der Waals surface area contributed by atoms with Crippen LogP contribution in [0.5, 0.6) is 0 Å². The molecule has 0 atom stereocenters. The maximum Gasteiger partial charge on any atom is 0.411 e. The quantitative estimate of drug-likeness (QED) is 0.874. The molecule has 0 saturated carbocycles. The van der Waals surface area contributed by atoms with Crippen molar-refractivity contribution in [2.45, 2.75) is 6.61 Å². The molecule has 0 bridgehead atoms. The number of hydrogen-bond donors (Lipinski definition) is 1. The van der Waals surface area contributed by atoms with Gasteiger partial charge in [0.25, 0.3) is 0 Å². The van der Waals surface area contributed by atoms with E-state index in [1.807, 2.05) is 12.0 Å². The van der Waals surface area contributed by atoms with E-state index in [1.54, 1.807) is 24.3 Å². The molecule has 0 saturated heterocycles. The smallest absolute Gasteiger partial charge is 0.411 e. The zero-order valence-corrected chi connectivity index (χ0v) is 10.9. The van der Waals surface area contributed by atoms with Gasteiger partial charge in [0.2, 0.25) is 0 Å². The summed E-state index contributed by atoms with van der Waals surface area (Å²) in [7, 11) is 0. The fraction of sp³-hybridized carbons (Fsp3) is 0.0625. The molecular weight excluding hydrogens is 276 g/mol. The van der Waals surface area contributed by atoms with Gasteiger partial charge in [0.05, 0.1) is 5.56 Å². The Kier molecular flexibility index (Phi) is 4.52. The number of carbonyl (C=O) groups is 1. The highest BCUT2D eigenvalue weighted by Crippen LogP contribution is 2.18. The summed E-state index contributed by atoms with van der Waals surface area (Å²) >= 11 is 0. The highest BCUT2D eigenvalue weighted by molar-refractivity contribution is 5.84. The molecule has 1 N–H and O–H groups in total. The minimum absolute atomic E-state index is 0.0556. The standard InChI is InChI=1S/C16H11F2NO2/c1-2-13-14(17)8-12(9-15(13)18)19-16(20)21-10-11-6-4-3-5-7-11/h1,3-9H,10H2,(H,19,20). The molecule has 0 unspecified atom stereocenters. The van der Waals surface area contributed by atoms with Crippen LogP contribution in [0.2, 0.25) is 0 Å². The monoisotopic (exact) mass is 287 g/mol. The molecular formula is C16H11F2NO2. The van der Waals surface area contributed by atoms with Gasteiger partial charge < -0.3 is 4.74 Å². The first kappa shape index (κ1) is 14.5. The van der Waals surface area contributed by atoms with E-state index >= 15 is 0 Å². The molecule has 0 aliphatic rings. The van der Waals surface area contributed by atoms with E-state index in [0.29, 0.717) is 0 Å². The number of terminal acetylenes is 1. The van der Waals surface area contributed by atoms with E-state index in [-0.39, 0.29) is 12.3 Å². The fourth-order valence-electron chi connectivity index (χ4n) is 1.66. The van der Waals surface area contributed by atoms with E-state index in [2.05, 4.69) is 5.32 Å². The van der Waals surface area contributed by atoms with Crippen LogP contribution in [0.25, 0.3) is 0 Å². The fourth-order valence-corrected chi connectivity index (χ4v) is 1.66. The van der Waals surface area contributed by atoms with E-state index in [9.17, 15) is 13.6 Å². The highest BCUT2D eigenvalue weighted by Gasteiger charge is 2.11. The van der Waals surface area contributed by atoms with Crippen LogP contribution >= 0.6 is 0 Å². The molecule has 0 spiro atoms. The van der Waals surface area contributed by atoms with Crippen LogP contribution in [0.4, 0.5) is 19.3 Å². The summed E-state index contributed by atoms with van der Waals surface area (Å²) in [5, 5.41) is 2.24. The average molecular weight is 287 g/mol. The van der Waals surface area contributed by atoms with Crippen LogP contribution < -0.4 is 5.32 Å². The molecule has 2 aromatic rings. The molecule has 0 aliphatic heterocycles. The number of nitrogens with one attached hydrogen (secondary N) is 1. The first-order chi connectivity index (χ1) is 10.1. The van der Waals surface area contributed by atoms with Crippen molar-refractivity contribution >= 4 is 11.8 Å². The molecule has 0 radical (unpaired) electrons. The van der Waals surface area contributed by atoms with Crippen LogP contribution in [0.1, 0.15) is 11.1 Å². The van der Waals surface area contributed by atoms with Crippen molar-refractivity contribution in [3.8, 4) is 12.3 Å². The normalized spacial score (nSPS) is 9.76. The number of amides is 1. The summed E-state index contributed by atoms with van der Waals surface area (Å²) in [6, 6.07) is 10.9. The second-order valence-electron chi connectivity index (χ2n) is 4.15. The Morgan fingerprint density at radius 3 is 2.38 bits per heavy atom. The van der Waals surface area contributed by atoms with Gasteiger partial charge in [-0.2, -0.15) is 0 Å². The van der Waals surface area contributed by atoms with Crippen molar-refractivity contribution in [1.82, 2.24) is 0 Å². The van der Waals surface area contributed by atoms with Gasteiger partial charge in [-0.3, -0.25) is 5.32 Å². The third-order valence-corrected chi connectivity index (χ3v) is 2.65. The van der Waals surface area contributed by atoms with Crippen molar-refractivity contribution < 1.29 is 18.3 Å². The lowest BCUT2D eigenvalue weighted by Crippen LogP contribution is -2.14. The summed E-state index contributed by atoms with van der Waals surface area (Å²) < 4.78 is 31.8. The van der Waals surface area contributed by atoms with Gasteiger partial charge in [0.15, 0.2) is 0 Å². The van der Waals surface area contributed by atoms with Gasteiger partial charge in [-0.05, 0) is 17.7 Å². The van der Waals surface area contributed by atoms with E-state index in [4.69, 9.17) is 11.2 Å². The molecule has 2 aromatic carbocycles. The zero-order valence-electron chi connectivity index (χ0n) is 10.9. The van der Waals surface area contributed by atoms with Crippen LogP contribution in [-0.4, -0.2) is 6.09 Å². The first-order valence-electron chi connectivity index (χ1n) is 6.03. The van der Waals surface area contributed by atoms with Gasteiger partial charge in [0.1, 0.15) is 18.2 Å². The Morgan fingerprint density at radius 1 is 1.19 bits per heavy atom. The largest absolute Gasteiger partial charge is 0.444 e. The molecule has 2 rings (SSSR count). The second kappa shape index (κ2) is 6.53. The molecule has 1 amide bonds. The molecule has 21 heavy (non-hydrogen) atoms. The average Bonchev–Trinajstić information content (AvgIpc) is 2.46. The second-order valence-corrected chi connectivity index (χ2v) is 4.15. The Morgan fingerprint density at radius 2 is 1.81 bits per heavy atom. The predicted octanol–water partition coefficient (Wildman–Crippen LogP) is 3.69. The predicted molar refractivity (Wildman–Crippen MR) is 74.5 cm³/mol. The van der Waals surface area contributed by atoms with Crippen LogP contribution in [-0.2, 0) is 11.3 Å². The number of ether oxygens (including phenoxy) is 1. The van der Waals surface area contributed by atoms with Gasteiger partial charge in [-0.25, -0.2) is 13.6 Å². The summed E-state index contributed by atoms with van der Waals surface area (Å²) in [6.07, 6.45) is 4.16. The third kappa shape index (κ3) is 3.80. The Labute approximate surface area is 120 Å². The Balaban J connectivity index is 1.99. The topological polar surface area (TPSA) is 38.3 Å². The van der Waals surface area contributed by atoms with Crippen LogP contribution in [0.15, 0.2) is 42.5 Å². The van der Waals surface area contributed by atoms with Crippen molar-refractivity contribution in [3.63, 3.8) is 0 Å². The van der Waals surface area contributed by atoms with Crippen molar-refractivity contribution in [2.75, 3.05) is 5.32 Å². The lowest BCUT2D eigenvalue weighted by Gasteiger charge is -2.08. The Bertz CT molecular complexity index is 670. The number of hydrogen-bond acceptors (Lipinski definition) is 2. The Hall–Kier alpha value is -2.87. The van der Waals surface area contributed by atoms with E-state index in [1.165, 1.54) is 0 Å². The lowest BCUT2D eigenvalue weighted by atomic mass is 10.2. The molecule has 106 valence electrons. The maximum atomic E-state index is 13.4. The number of rotatable bonds is 3. The first-order valence-corrected chi connectivity index (χ1v) is 6.03. The molecule has 0 aromatic heterocycles. The number of carbonyl (C=O) groups excluding carboxylic acids is 1. The van der Waals surface area contributed by atoms with Gasteiger partial charge in [-0.15, -0.1) is 6.42 Å². The lowest BCUT2D eigenvalue weighted by molar-refractivity contribution is 0.155. The summed E-state index contributed by atoms with van der Waals surface area (Å²) in [6.45, 7) is 0.0556. The summed E-state index contributed by atoms with van der Waals surface area (Å²) in [5.74, 6) is 0.0558. The van der Waals surface area contributed by atoms with Crippen molar-refractivity contribution in [3.05, 3.63) is 65.2 Å². The maximum absolute atomic E-state index is 13.4. The molecule has 5 heteroatoms. The van der Waals surface area contributed by atoms with Crippen molar-refractivity contribution in [2.24, 2.45) is 0 Å². The zero-order chi connectivity index (χ0) is 15.2. The summed E-state index contributed by atoms with van der Waals surface area (Å²) in [4.78, 5) is 11.5. The van der Waals surface area contributed by atoms with E-state index < -0.39 is 23.3 Å². The number of halogens is 2. The van der Waals surface area contributed by atoms with Crippen molar-refractivity contribution in [1.29, 1.82) is 0 Å². The molecule has 3 nitrogen and oxygen atoms in total. The SMILES string of the molecule is C#Cc1c(F)cc(NC(=O)OCc2ccccc2)cc1F. The molecule has 0 heterocycles. The summed E-state index contributed by atoms with van der Waals surface area (Å²) in [5.41, 5.74) is 0.257. The van der Waals surface area contributed by atoms with Crippen LogP contribution in [0, 0.1) is 24.0 Å². The van der Waals surface area contributed by atoms with E-state index in [0.717, 1.165) is 17.7 Å². The minimum Gasteiger partial charge on any atom is -0.444 e. The van der Waals surface area contributed by atoms with Gasteiger partial charge in [-0.1, -0.05) is 36.3 Å². The number of anilines is 1. The third-order valence-electron chi connectivity index (χ3n) is 2.65.